The van der Waals surface area contributed by atoms with Gasteiger partial charge in [0.05, 0.1) is 12.6 Å². The Bertz CT molecular complexity index is 560. The molecule has 2 rings (SSSR count). The van der Waals surface area contributed by atoms with Crippen LogP contribution >= 0.6 is 22.9 Å². The van der Waals surface area contributed by atoms with Gasteiger partial charge in [-0.3, -0.25) is 0 Å². The van der Waals surface area contributed by atoms with Crippen molar-refractivity contribution in [2.75, 3.05) is 5.32 Å². The van der Waals surface area contributed by atoms with E-state index in [1.807, 2.05) is 27.0 Å². The highest BCUT2D eigenvalue weighted by atomic mass is 35.5. The van der Waals surface area contributed by atoms with E-state index in [1.54, 1.807) is 11.3 Å². The quantitative estimate of drug-likeness (QED) is 0.915. The smallest absolute Gasteiger partial charge is 0.322 e. The zero-order valence-corrected chi connectivity index (χ0v) is 12.4. The summed E-state index contributed by atoms with van der Waals surface area (Å²) in [6.45, 7) is 6.34. The molecule has 2 aromatic rings. The van der Waals surface area contributed by atoms with Crippen LogP contribution in [0, 0.1) is 6.92 Å². The van der Waals surface area contributed by atoms with Gasteiger partial charge in [0, 0.05) is 11.1 Å². The molecule has 0 unspecified atom stereocenters. The van der Waals surface area contributed by atoms with Crippen LogP contribution in [0.25, 0.3) is 0 Å². The third-order valence-electron chi connectivity index (χ3n) is 2.00. The summed E-state index contributed by atoms with van der Waals surface area (Å²) in [6.07, 6.45) is 1.81. The molecule has 0 aliphatic carbocycles. The van der Waals surface area contributed by atoms with Crippen LogP contribution in [0.5, 0.6) is 6.01 Å². The standard InChI is InChI=1S/C11H14ClN5OS/c1-6(2)18-11-16-9(12)15-10(17-11)14-5-8-13-4-7(3)19-8/h4,6H,5H2,1-3H3,(H,14,15,16,17). The average molecular weight is 300 g/mol. The van der Waals surface area contributed by atoms with Crippen LogP contribution in [0.3, 0.4) is 0 Å². The lowest BCUT2D eigenvalue weighted by Crippen LogP contribution is -2.11. The Morgan fingerprint density at radius 3 is 2.79 bits per heavy atom. The van der Waals surface area contributed by atoms with Crippen molar-refractivity contribution >= 4 is 28.9 Å². The molecule has 1 N–H and O–H groups in total. The van der Waals surface area contributed by atoms with Crippen LogP contribution in [0.1, 0.15) is 23.7 Å². The van der Waals surface area contributed by atoms with Crippen LogP contribution in [0.15, 0.2) is 6.20 Å². The predicted molar refractivity (Wildman–Crippen MR) is 74.8 cm³/mol. The minimum absolute atomic E-state index is 0.0204. The predicted octanol–water partition coefficient (Wildman–Crippen LogP) is 2.69. The summed E-state index contributed by atoms with van der Waals surface area (Å²) in [5, 5.41) is 4.11. The van der Waals surface area contributed by atoms with E-state index >= 15 is 0 Å². The first-order valence-electron chi connectivity index (χ1n) is 5.76. The van der Waals surface area contributed by atoms with E-state index in [2.05, 4.69) is 25.3 Å². The fraction of sp³-hybridized carbons (Fsp3) is 0.455. The Kier molecular flexibility index (Phi) is 4.49. The lowest BCUT2D eigenvalue weighted by atomic mass is 10.5. The molecule has 0 radical (unpaired) electrons. The van der Waals surface area contributed by atoms with Crippen LogP contribution < -0.4 is 10.1 Å². The van der Waals surface area contributed by atoms with Crippen molar-refractivity contribution < 1.29 is 4.74 Å². The fourth-order valence-electron chi connectivity index (χ4n) is 1.31. The second-order valence-corrected chi connectivity index (χ2v) is 5.75. The molecule has 0 spiro atoms. The van der Waals surface area contributed by atoms with E-state index in [1.165, 1.54) is 0 Å². The number of ether oxygens (including phenoxy) is 1. The van der Waals surface area contributed by atoms with Crippen LogP contribution in [0.4, 0.5) is 5.95 Å². The van der Waals surface area contributed by atoms with Gasteiger partial charge in [0.15, 0.2) is 0 Å². The van der Waals surface area contributed by atoms with Gasteiger partial charge in [0.1, 0.15) is 5.01 Å². The number of thiazole rings is 1. The maximum absolute atomic E-state index is 5.82. The highest BCUT2D eigenvalue weighted by Gasteiger charge is 2.08. The van der Waals surface area contributed by atoms with Crippen molar-refractivity contribution in [3.63, 3.8) is 0 Å². The van der Waals surface area contributed by atoms with Crippen LogP contribution in [-0.4, -0.2) is 26.0 Å². The van der Waals surface area contributed by atoms with Crippen LogP contribution in [0.2, 0.25) is 5.28 Å². The first kappa shape index (κ1) is 14.0. The van der Waals surface area contributed by atoms with E-state index in [-0.39, 0.29) is 17.4 Å². The maximum Gasteiger partial charge on any atom is 0.322 e. The summed E-state index contributed by atoms with van der Waals surface area (Å²) in [4.78, 5) is 17.4. The maximum atomic E-state index is 5.82. The molecule has 2 aromatic heterocycles. The number of aryl methyl sites for hydroxylation is 1. The number of rotatable bonds is 5. The van der Waals surface area contributed by atoms with Crippen molar-refractivity contribution in [2.45, 2.75) is 33.4 Å². The zero-order chi connectivity index (χ0) is 13.8. The molecule has 8 heteroatoms. The molecule has 0 atom stereocenters. The largest absolute Gasteiger partial charge is 0.461 e. The minimum atomic E-state index is -0.0204. The normalized spacial score (nSPS) is 10.8. The van der Waals surface area contributed by atoms with Crippen molar-refractivity contribution in [3.05, 3.63) is 21.4 Å². The summed E-state index contributed by atoms with van der Waals surface area (Å²) >= 11 is 7.44. The number of hydrogen-bond donors (Lipinski definition) is 1. The van der Waals surface area contributed by atoms with Gasteiger partial charge in [0.25, 0.3) is 0 Å². The van der Waals surface area contributed by atoms with Gasteiger partial charge in [-0.05, 0) is 32.4 Å². The first-order valence-corrected chi connectivity index (χ1v) is 6.96. The molecule has 102 valence electrons. The lowest BCUT2D eigenvalue weighted by molar-refractivity contribution is 0.222. The monoisotopic (exact) mass is 299 g/mol. The Morgan fingerprint density at radius 1 is 1.37 bits per heavy atom. The molecule has 0 aliphatic rings. The summed E-state index contributed by atoms with van der Waals surface area (Å²) in [6, 6.07) is 0.216. The number of nitrogens with zero attached hydrogens (tertiary/aromatic N) is 4. The molecule has 0 amide bonds. The number of hydrogen-bond acceptors (Lipinski definition) is 7. The Balaban J connectivity index is 2.05. The van der Waals surface area contributed by atoms with E-state index in [0.29, 0.717) is 12.5 Å². The molecule has 2 heterocycles. The van der Waals surface area contributed by atoms with Crippen molar-refractivity contribution in [2.24, 2.45) is 0 Å². The van der Waals surface area contributed by atoms with Gasteiger partial charge in [0.2, 0.25) is 11.2 Å². The van der Waals surface area contributed by atoms with Crippen molar-refractivity contribution in [1.82, 2.24) is 19.9 Å². The lowest BCUT2D eigenvalue weighted by Gasteiger charge is -2.09. The number of aromatic nitrogens is 4. The Hall–Kier alpha value is -1.47. The van der Waals surface area contributed by atoms with E-state index < -0.39 is 0 Å². The number of nitrogens with one attached hydrogen (secondary N) is 1. The second kappa shape index (κ2) is 6.12. The molecule has 0 fully saturated rings. The number of halogens is 1. The van der Waals surface area contributed by atoms with Gasteiger partial charge in [-0.1, -0.05) is 0 Å². The molecule has 0 bridgehead atoms. The zero-order valence-electron chi connectivity index (χ0n) is 10.8. The molecule has 6 nitrogen and oxygen atoms in total. The molecule has 0 aliphatic heterocycles. The van der Waals surface area contributed by atoms with Gasteiger partial charge in [-0.15, -0.1) is 11.3 Å². The highest BCUT2D eigenvalue weighted by Crippen LogP contribution is 2.15. The Labute approximate surface area is 120 Å². The fourth-order valence-corrected chi connectivity index (χ4v) is 2.19. The highest BCUT2D eigenvalue weighted by molar-refractivity contribution is 7.11. The molecule has 19 heavy (non-hydrogen) atoms. The van der Waals surface area contributed by atoms with Crippen LogP contribution in [-0.2, 0) is 6.54 Å². The molecule has 0 saturated heterocycles. The average Bonchev–Trinajstić information content (AvgIpc) is 2.71. The summed E-state index contributed by atoms with van der Waals surface area (Å²) in [5.74, 6) is 0.378. The molecular weight excluding hydrogens is 286 g/mol. The third kappa shape index (κ3) is 4.29. The first-order chi connectivity index (χ1) is 9.02. The van der Waals surface area contributed by atoms with Gasteiger partial charge >= 0.3 is 6.01 Å². The van der Waals surface area contributed by atoms with Crippen molar-refractivity contribution in [1.29, 1.82) is 0 Å². The van der Waals surface area contributed by atoms with Gasteiger partial charge in [-0.2, -0.15) is 15.0 Å². The van der Waals surface area contributed by atoms with E-state index in [9.17, 15) is 0 Å². The SMILES string of the molecule is Cc1cnc(CNc2nc(Cl)nc(OC(C)C)n2)s1. The van der Waals surface area contributed by atoms with Gasteiger partial charge < -0.3 is 10.1 Å². The minimum Gasteiger partial charge on any atom is -0.461 e. The summed E-state index contributed by atoms with van der Waals surface area (Å²) in [7, 11) is 0. The Morgan fingerprint density at radius 2 is 2.16 bits per heavy atom. The van der Waals surface area contributed by atoms with Gasteiger partial charge in [-0.25, -0.2) is 4.98 Å². The molecular formula is C11H14ClN5OS. The summed E-state index contributed by atoms with van der Waals surface area (Å²) in [5.41, 5.74) is 0. The third-order valence-corrected chi connectivity index (χ3v) is 3.08. The summed E-state index contributed by atoms with van der Waals surface area (Å²) < 4.78 is 5.39. The topological polar surface area (TPSA) is 72.8 Å². The number of anilines is 1. The molecule has 0 aromatic carbocycles. The second-order valence-electron chi connectivity index (χ2n) is 4.10. The van der Waals surface area contributed by atoms with E-state index in [0.717, 1.165) is 9.88 Å². The van der Waals surface area contributed by atoms with E-state index in [4.69, 9.17) is 16.3 Å². The van der Waals surface area contributed by atoms with Crippen molar-refractivity contribution in [3.8, 4) is 6.01 Å². The molecule has 0 saturated carbocycles.